The van der Waals surface area contributed by atoms with Gasteiger partial charge in [0.15, 0.2) is 0 Å². The Balaban J connectivity index is 0.000001000. The second-order valence-electron chi connectivity index (χ2n) is 3.09. The molecule has 0 heterocycles. The summed E-state index contributed by atoms with van der Waals surface area (Å²) in [6.45, 7) is 4.00. The first kappa shape index (κ1) is 10.1. The van der Waals surface area contributed by atoms with Gasteiger partial charge in [-0.15, -0.1) is 0 Å². The van der Waals surface area contributed by atoms with Gasteiger partial charge >= 0.3 is 0 Å². The third kappa shape index (κ3) is 2.70. The normalized spacial score (nSPS) is 10.5. The Bertz CT molecular complexity index is 199. The fourth-order valence-electron chi connectivity index (χ4n) is 0.868. The zero-order valence-electron chi connectivity index (χ0n) is 7.17. The van der Waals surface area contributed by atoms with Crippen molar-refractivity contribution in [3.05, 3.63) is 35.9 Å². The molecule has 0 aliphatic rings. The smallest absolute Gasteiger partial charge is 0.0352 e. The van der Waals surface area contributed by atoms with Crippen molar-refractivity contribution in [3.8, 4) is 0 Å². The van der Waals surface area contributed by atoms with Crippen LogP contribution in [0.3, 0.4) is 0 Å². The molecule has 0 saturated heterocycles. The molecule has 0 unspecified atom stereocenters. The summed E-state index contributed by atoms with van der Waals surface area (Å²) in [5, 5.41) is 0. The molecule has 62 valence electrons. The SMILES string of the molecule is CC(C)(N)c1ccccc1.N. The van der Waals surface area contributed by atoms with Gasteiger partial charge in [-0.25, -0.2) is 0 Å². The second-order valence-corrected chi connectivity index (χ2v) is 3.09. The van der Waals surface area contributed by atoms with Gasteiger partial charge in [0.2, 0.25) is 0 Å². The Morgan fingerprint density at radius 1 is 1.09 bits per heavy atom. The highest BCUT2D eigenvalue weighted by Gasteiger charge is 2.11. The van der Waals surface area contributed by atoms with Gasteiger partial charge in [-0.1, -0.05) is 30.3 Å². The fraction of sp³-hybridized carbons (Fsp3) is 0.333. The summed E-state index contributed by atoms with van der Waals surface area (Å²) >= 11 is 0. The fourth-order valence-corrected chi connectivity index (χ4v) is 0.868. The van der Waals surface area contributed by atoms with Crippen molar-refractivity contribution >= 4 is 0 Å². The topological polar surface area (TPSA) is 61.0 Å². The second kappa shape index (κ2) is 3.51. The summed E-state index contributed by atoms with van der Waals surface area (Å²) in [6.07, 6.45) is 0. The quantitative estimate of drug-likeness (QED) is 0.647. The minimum absolute atomic E-state index is 0. The van der Waals surface area contributed by atoms with Crippen LogP contribution in [0.15, 0.2) is 30.3 Å². The molecule has 1 aromatic carbocycles. The van der Waals surface area contributed by atoms with E-state index in [1.54, 1.807) is 0 Å². The summed E-state index contributed by atoms with van der Waals surface area (Å²) in [4.78, 5) is 0. The molecular weight excluding hydrogens is 136 g/mol. The first-order valence-electron chi connectivity index (χ1n) is 3.45. The predicted octanol–water partition coefficient (Wildman–Crippen LogP) is 2.04. The molecule has 0 aliphatic heterocycles. The number of hydrogen-bond donors (Lipinski definition) is 2. The van der Waals surface area contributed by atoms with Crippen LogP contribution in [0.1, 0.15) is 19.4 Å². The molecule has 2 heteroatoms. The van der Waals surface area contributed by atoms with E-state index in [1.807, 2.05) is 44.2 Å². The number of benzene rings is 1. The first-order valence-corrected chi connectivity index (χ1v) is 3.45. The van der Waals surface area contributed by atoms with E-state index >= 15 is 0 Å². The van der Waals surface area contributed by atoms with Gasteiger partial charge in [0.25, 0.3) is 0 Å². The van der Waals surface area contributed by atoms with Gasteiger partial charge < -0.3 is 11.9 Å². The molecule has 0 radical (unpaired) electrons. The van der Waals surface area contributed by atoms with E-state index in [2.05, 4.69) is 0 Å². The Morgan fingerprint density at radius 3 is 1.82 bits per heavy atom. The number of rotatable bonds is 1. The third-order valence-corrected chi connectivity index (χ3v) is 1.52. The highest BCUT2D eigenvalue weighted by atomic mass is 14.7. The minimum Gasteiger partial charge on any atom is -0.344 e. The monoisotopic (exact) mass is 152 g/mol. The zero-order valence-corrected chi connectivity index (χ0v) is 7.17. The molecule has 0 bridgehead atoms. The zero-order chi connectivity index (χ0) is 7.61. The highest BCUT2D eigenvalue weighted by Crippen LogP contribution is 2.14. The van der Waals surface area contributed by atoms with Crippen LogP contribution in [0.25, 0.3) is 0 Å². The van der Waals surface area contributed by atoms with Crippen LogP contribution in [0.5, 0.6) is 0 Å². The largest absolute Gasteiger partial charge is 0.344 e. The van der Waals surface area contributed by atoms with Crippen LogP contribution >= 0.6 is 0 Å². The number of nitrogens with two attached hydrogens (primary N) is 1. The molecule has 0 saturated carbocycles. The van der Waals surface area contributed by atoms with Gasteiger partial charge in [-0.3, -0.25) is 0 Å². The molecule has 0 spiro atoms. The third-order valence-electron chi connectivity index (χ3n) is 1.52. The maximum Gasteiger partial charge on any atom is 0.0352 e. The van der Waals surface area contributed by atoms with Crippen molar-refractivity contribution in [1.82, 2.24) is 6.15 Å². The van der Waals surface area contributed by atoms with E-state index in [0.29, 0.717) is 0 Å². The lowest BCUT2D eigenvalue weighted by molar-refractivity contribution is 0.554. The van der Waals surface area contributed by atoms with Crippen molar-refractivity contribution in [2.75, 3.05) is 0 Å². The molecule has 0 atom stereocenters. The van der Waals surface area contributed by atoms with Crippen LogP contribution in [0.4, 0.5) is 0 Å². The van der Waals surface area contributed by atoms with E-state index < -0.39 is 0 Å². The van der Waals surface area contributed by atoms with E-state index in [9.17, 15) is 0 Å². The lowest BCUT2D eigenvalue weighted by Crippen LogP contribution is -2.28. The first-order chi connectivity index (χ1) is 4.61. The minimum atomic E-state index is -0.207. The van der Waals surface area contributed by atoms with E-state index in [1.165, 1.54) is 5.56 Å². The van der Waals surface area contributed by atoms with Crippen molar-refractivity contribution in [1.29, 1.82) is 0 Å². The molecule has 1 rings (SSSR count). The van der Waals surface area contributed by atoms with Crippen LogP contribution in [-0.4, -0.2) is 0 Å². The van der Waals surface area contributed by atoms with Crippen molar-refractivity contribution < 1.29 is 0 Å². The Kier molecular flexibility index (Phi) is 3.23. The summed E-state index contributed by atoms with van der Waals surface area (Å²) in [7, 11) is 0. The molecule has 11 heavy (non-hydrogen) atoms. The highest BCUT2D eigenvalue weighted by molar-refractivity contribution is 5.21. The average molecular weight is 152 g/mol. The summed E-state index contributed by atoms with van der Waals surface area (Å²) in [6, 6.07) is 10.1. The van der Waals surface area contributed by atoms with Crippen molar-refractivity contribution in [2.45, 2.75) is 19.4 Å². The van der Waals surface area contributed by atoms with Gasteiger partial charge in [-0.05, 0) is 19.4 Å². The molecule has 1 aromatic rings. The van der Waals surface area contributed by atoms with E-state index in [0.717, 1.165) is 0 Å². The molecule has 0 aromatic heterocycles. The predicted molar refractivity (Wildman–Crippen MR) is 48.7 cm³/mol. The van der Waals surface area contributed by atoms with Crippen LogP contribution < -0.4 is 11.9 Å². The summed E-state index contributed by atoms with van der Waals surface area (Å²) < 4.78 is 0. The molecular formula is C9H16N2. The average Bonchev–Trinajstić information content (AvgIpc) is 1.88. The lowest BCUT2D eigenvalue weighted by Gasteiger charge is -2.18. The van der Waals surface area contributed by atoms with E-state index in [-0.39, 0.29) is 11.7 Å². The standard InChI is InChI=1S/C9H13N.H3N/c1-9(2,10)8-6-4-3-5-7-8;/h3-7H,10H2,1-2H3;1H3. The summed E-state index contributed by atoms with van der Waals surface area (Å²) in [5.74, 6) is 0. The van der Waals surface area contributed by atoms with Crippen molar-refractivity contribution in [2.24, 2.45) is 5.73 Å². The van der Waals surface area contributed by atoms with Gasteiger partial charge in [0.05, 0.1) is 0 Å². The Hall–Kier alpha value is -0.860. The van der Waals surface area contributed by atoms with Gasteiger partial charge in [0.1, 0.15) is 0 Å². The molecule has 5 N–H and O–H groups in total. The molecule has 0 fully saturated rings. The Morgan fingerprint density at radius 2 is 1.55 bits per heavy atom. The number of hydrogen-bond acceptors (Lipinski definition) is 2. The van der Waals surface area contributed by atoms with Crippen molar-refractivity contribution in [3.63, 3.8) is 0 Å². The van der Waals surface area contributed by atoms with Crippen LogP contribution in [0, 0.1) is 0 Å². The summed E-state index contributed by atoms with van der Waals surface area (Å²) in [5.41, 5.74) is 6.83. The lowest BCUT2D eigenvalue weighted by atomic mass is 9.96. The van der Waals surface area contributed by atoms with Gasteiger partial charge in [0, 0.05) is 5.54 Å². The maximum absolute atomic E-state index is 5.86. The van der Waals surface area contributed by atoms with E-state index in [4.69, 9.17) is 5.73 Å². The van der Waals surface area contributed by atoms with Crippen LogP contribution in [-0.2, 0) is 5.54 Å². The molecule has 0 aliphatic carbocycles. The molecule has 0 amide bonds. The maximum atomic E-state index is 5.86. The molecule has 2 nitrogen and oxygen atoms in total. The Labute approximate surface area is 68.0 Å². The van der Waals surface area contributed by atoms with Gasteiger partial charge in [-0.2, -0.15) is 0 Å². The van der Waals surface area contributed by atoms with Crippen LogP contribution in [0.2, 0.25) is 0 Å².